The Kier molecular flexibility index (Phi) is 6.75. The zero-order valence-electron chi connectivity index (χ0n) is 12.9. The van der Waals surface area contributed by atoms with E-state index in [-0.39, 0.29) is 18.9 Å². The number of ether oxygens (including phenoxy) is 1. The molecule has 0 fully saturated rings. The number of amides is 1. The number of esters is 1. The molecule has 0 bridgehead atoms. The lowest BCUT2D eigenvalue weighted by Gasteiger charge is -2.07. The van der Waals surface area contributed by atoms with E-state index in [2.05, 4.69) is 5.32 Å². The van der Waals surface area contributed by atoms with Gasteiger partial charge in [0.15, 0.2) is 6.61 Å². The van der Waals surface area contributed by atoms with Crippen LogP contribution < -0.4 is 5.32 Å². The molecular formula is C18H17ClFNO3. The average molecular weight is 350 g/mol. The van der Waals surface area contributed by atoms with Gasteiger partial charge in [0, 0.05) is 11.6 Å². The summed E-state index contributed by atoms with van der Waals surface area (Å²) in [6.07, 6.45) is 0.553. The van der Waals surface area contributed by atoms with Gasteiger partial charge < -0.3 is 10.1 Å². The van der Waals surface area contributed by atoms with E-state index in [0.29, 0.717) is 23.6 Å². The number of hydrogen-bond acceptors (Lipinski definition) is 3. The van der Waals surface area contributed by atoms with Gasteiger partial charge in [0.1, 0.15) is 5.82 Å². The van der Waals surface area contributed by atoms with Crippen molar-refractivity contribution >= 4 is 23.5 Å². The minimum absolute atomic E-state index is 0.0758. The molecule has 2 aromatic carbocycles. The normalized spacial score (nSPS) is 10.2. The summed E-state index contributed by atoms with van der Waals surface area (Å²) in [5.74, 6) is -1.38. The van der Waals surface area contributed by atoms with E-state index in [1.54, 1.807) is 12.1 Å². The van der Waals surface area contributed by atoms with E-state index in [1.165, 1.54) is 18.2 Å². The molecule has 1 N–H and O–H groups in total. The Bertz CT molecular complexity index is 721. The first-order chi connectivity index (χ1) is 11.5. The van der Waals surface area contributed by atoms with Gasteiger partial charge in [0.2, 0.25) is 0 Å². The van der Waals surface area contributed by atoms with Crippen LogP contribution in [0, 0.1) is 5.82 Å². The molecule has 24 heavy (non-hydrogen) atoms. The third kappa shape index (κ3) is 6.38. The summed E-state index contributed by atoms with van der Waals surface area (Å²) < 4.78 is 17.9. The molecule has 2 rings (SSSR count). The summed E-state index contributed by atoms with van der Waals surface area (Å²) in [4.78, 5) is 23.3. The molecule has 0 unspecified atom stereocenters. The van der Waals surface area contributed by atoms with Crippen LogP contribution in [0.1, 0.15) is 11.1 Å². The Balaban J connectivity index is 1.66. The number of nitrogens with one attached hydrogen (secondary N) is 1. The van der Waals surface area contributed by atoms with Crippen molar-refractivity contribution in [3.05, 3.63) is 70.5 Å². The molecule has 0 aromatic heterocycles. The van der Waals surface area contributed by atoms with Crippen molar-refractivity contribution in [1.82, 2.24) is 5.32 Å². The molecule has 0 saturated heterocycles. The summed E-state index contributed by atoms with van der Waals surface area (Å²) in [5, 5.41) is 3.30. The highest BCUT2D eigenvalue weighted by Crippen LogP contribution is 2.10. The molecule has 1 amide bonds. The number of carbonyl (C=O) groups is 2. The zero-order chi connectivity index (χ0) is 17.4. The van der Waals surface area contributed by atoms with Gasteiger partial charge >= 0.3 is 5.97 Å². The lowest BCUT2D eigenvalue weighted by atomic mass is 10.1. The second kappa shape index (κ2) is 9.03. The quantitative estimate of drug-likeness (QED) is 0.782. The maximum atomic E-state index is 13.0. The van der Waals surface area contributed by atoms with Crippen LogP contribution in [0.2, 0.25) is 5.02 Å². The maximum Gasteiger partial charge on any atom is 0.310 e. The second-order valence-electron chi connectivity index (χ2n) is 5.20. The third-order valence-electron chi connectivity index (χ3n) is 3.23. The molecule has 0 atom stereocenters. The second-order valence-corrected chi connectivity index (χ2v) is 5.63. The molecule has 0 radical (unpaired) electrons. The largest absolute Gasteiger partial charge is 0.455 e. The smallest absolute Gasteiger partial charge is 0.310 e. The number of rotatable bonds is 7. The Morgan fingerprint density at radius 3 is 2.58 bits per heavy atom. The third-order valence-corrected chi connectivity index (χ3v) is 3.46. The standard InChI is InChI=1S/C18H17ClFNO3/c19-15-5-1-3-13(9-15)7-8-21-17(22)12-24-18(23)11-14-4-2-6-16(20)10-14/h1-6,9-10H,7-8,11-12H2,(H,21,22). The average Bonchev–Trinajstić information content (AvgIpc) is 2.53. The lowest BCUT2D eigenvalue weighted by Crippen LogP contribution is -2.30. The van der Waals surface area contributed by atoms with Crippen molar-refractivity contribution < 1.29 is 18.7 Å². The molecule has 6 heteroatoms. The van der Waals surface area contributed by atoms with Gasteiger partial charge in [-0.1, -0.05) is 35.9 Å². The highest BCUT2D eigenvalue weighted by molar-refractivity contribution is 6.30. The predicted molar refractivity (Wildman–Crippen MR) is 89.2 cm³/mol. The number of halogens is 2. The van der Waals surface area contributed by atoms with E-state index in [4.69, 9.17) is 16.3 Å². The number of benzene rings is 2. The summed E-state index contributed by atoms with van der Waals surface area (Å²) in [7, 11) is 0. The van der Waals surface area contributed by atoms with Crippen LogP contribution in [0.3, 0.4) is 0 Å². The first kappa shape index (κ1) is 17.9. The minimum atomic E-state index is -0.578. The minimum Gasteiger partial charge on any atom is -0.455 e. The Labute approximate surface area is 144 Å². The topological polar surface area (TPSA) is 55.4 Å². The predicted octanol–water partition coefficient (Wildman–Crippen LogP) is 2.92. The van der Waals surface area contributed by atoms with Crippen molar-refractivity contribution in [2.75, 3.05) is 13.2 Å². The summed E-state index contributed by atoms with van der Waals surface area (Å²) in [5.41, 5.74) is 1.51. The van der Waals surface area contributed by atoms with Crippen LogP contribution in [-0.2, 0) is 27.2 Å². The van der Waals surface area contributed by atoms with Gasteiger partial charge in [0.05, 0.1) is 6.42 Å². The molecule has 0 heterocycles. The van der Waals surface area contributed by atoms with Crippen LogP contribution in [0.25, 0.3) is 0 Å². The fourth-order valence-corrected chi connectivity index (χ4v) is 2.31. The van der Waals surface area contributed by atoms with Crippen molar-refractivity contribution in [3.63, 3.8) is 0 Å². The molecule has 0 aliphatic rings. The Morgan fingerprint density at radius 2 is 1.83 bits per heavy atom. The molecule has 0 spiro atoms. The first-order valence-corrected chi connectivity index (χ1v) is 7.82. The SMILES string of the molecule is O=C(COC(=O)Cc1cccc(F)c1)NCCc1cccc(Cl)c1. The van der Waals surface area contributed by atoms with Crippen molar-refractivity contribution in [3.8, 4) is 0 Å². The van der Waals surface area contributed by atoms with Crippen LogP contribution in [0.5, 0.6) is 0 Å². The summed E-state index contributed by atoms with van der Waals surface area (Å²) >= 11 is 5.88. The van der Waals surface area contributed by atoms with E-state index >= 15 is 0 Å². The highest BCUT2D eigenvalue weighted by atomic mass is 35.5. The Morgan fingerprint density at radius 1 is 1.08 bits per heavy atom. The molecule has 0 aliphatic carbocycles. The highest BCUT2D eigenvalue weighted by Gasteiger charge is 2.09. The van der Waals surface area contributed by atoms with Crippen molar-refractivity contribution in [2.24, 2.45) is 0 Å². The monoisotopic (exact) mass is 349 g/mol. The summed E-state index contributed by atoms with van der Waals surface area (Å²) in [6, 6.07) is 13.0. The molecule has 4 nitrogen and oxygen atoms in total. The van der Waals surface area contributed by atoms with Gasteiger partial charge in [-0.05, 0) is 41.8 Å². The van der Waals surface area contributed by atoms with Crippen molar-refractivity contribution in [2.45, 2.75) is 12.8 Å². The van der Waals surface area contributed by atoms with E-state index in [0.717, 1.165) is 5.56 Å². The van der Waals surface area contributed by atoms with Crippen LogP contribution >= 0.6 is 11.6 Å². The fraction of sp³-hybridized carbons (Fsp3) is 0.222. The van der Waals surface area contributed by atoms with Crippen LogP contribution in [0.4, 0.5) is 4.39 Å². The maximum absolute atomic E-state index is 13.0. The Hall–Kier alpha value is -2.40. The van der Waals surface area contributed by atoms with E-state index < -0.39 is 11.8 Å². The van der Waals surface area contributed by atoms with Gasteiger partial charge in [0.25, 0.3) is 5.91 Å². The van der Waals surface area contributed by atoms with Gasteiger partial charge in [-0.15, -0.1) is 0 Å². The van der Waals surface area contributed by atoms with Crippen LogP contribution in [-0.4, -0.2) is 25.0 Å². The fourth-order valence-electron chi connectivity index (χ4n) is 2.10. The van der Waals surface area contributed by atoms with Crippen molar-refractivity contribution in [1.29, 1.82) is 0 Å². The van der Waals surface area contributed by atoms with Gasteiger partial charge in [-0.3, -0.25) is 9.59 Å². The first-order valence-electron chi connectivity index (χ1n) is 7.44. The zero-order valence-corrected chi connectivity index (χ0v) is 13.7. The molecule has 0 saturated carbocycles. The number of hydrogen-bond donors (Lipinski definition) is 1. The lowest BCUT2D eigenvalue weighted by molar-refractivity contribution is -0.147. The molecule has 0 aliphatic heterocycles. The van der Waals surface area contributed by atoms with Crippen LogP contribution in [0.15, 0.2) is 48.5 Å². The number of carbonyl (C=O) groups excluding carboxylic acids is 2. The van der Waals surface area contributed by atoms with Gasteiger partial charge in [-0.2, -0.15) is 0 Å². The van der Waals surface area contributed by atoms with Gasteiger partial charge in [-0.25, -0.2) is 4.39 Å². The van der Waals surface area contributed by atoms with E-state index in [9.17, 15) is 14.0 Å². The molecule has 126 valence electrons. The van der Waals surface area contributed by atoms with E-state index in [1.807, 2.05) is 18.2 Å². The summed E-state index contributed by atoms with van der Waals surface area (Å²) in [6.45, 7) is 0.0598. The molecular weight excluding hydrogens is 333 g/mol. The molecule has 2 aromatic rings.